The van der Waals surface area contributed by atoms with E-state index in [4.69, 9.17) is 0 Å². The average molecular weight is 223 g/mol. The average Bonchev–Trinajstić information content (AvgIpc) is 2.73. The lowest BCUT2D eigenvalue weighted by molar-refractivity contribution is 0.768. The minimum Gasteiger partial charge on any atom is -0.341 e. The van der Waals surface area contributed by atoms with Crippen molar-refractivity contribution in [3.05, 3.63) is 12.7 Å². The third-order valence-electron chi connectivity index (χ3n) is 1.96. The van der Waals surface area contributed by atoms with Crippen molar-refractivity contribution < 1.29 is 0 Å². The van der Waals surface area contributed by atoms with Crippen molar-refractivity contribution in [2.75, 3.05) is 18.8 Å². The van der Waals surface area contributed by atoms with Gasteiger partial charge in [-0.25, -0.2) is 15.0 Å². The largest absolute Gasteiger partial charge is 0.341 e. The first-order valence-corrected chi connectivity index (χ1v) is 5.88. The molecule has 0 saturated heterocycles. The van der Waals surface area contributed by atoms with E-state index in [-0.39, 0.29) is 0 Å². The van der Waals surface area contributed by atoms with Gasteiger partial charge in [-0.05, 0) is 6.54 Å². The van der Waals surface area contributed by atoms with E-state index >= 15 is 0 Å². The summed E-state index contributed by atoms with van der Waals surface area (Å²) in [5.41, 5.74) is 1.66. The standard InChI is InChI=1S/C9H13N5S/c1-2-10-3-4-15-9-7-8(12-5-11-7)13-6-14-9/h5-6,10H,2-4H2,1H3,(H,11,12,13,14). The normalized spacial score (nSPS) is 11.0. The number of hydrogen-bond donors (Lipinski definition) is 2. The molecule has 2 rings (SSSR count). The maximum absolute atomic E-state index is 4.23. The third kappa shape index (κ3) is 2.45. The Morgan fingerprint density at radius 3 is 3.20 bits per heavy atom. The van der Waals surface area contributed by atoms with Crippen molar-refractivity contribution in [3.8, 4) is 0 Å². The van der Waals surface area contributed by atoms with E-state index in [1.165, 1.54) is 0 Å². The predicted molar refractivity (Wildman–Crippen MR) is 61.0 cm³/mol. The lowest BCUT2D eigenvalue weighted by Crippen LogP contribution is -2.15. The molecule has 0 aliphatic carbocycles. The lowest BCUT2D eigenvalue weighted by Gasteiger charge is -2.01. The highest BCUT2D eigenvalue weighted by Gasteiger charge is 2.05. The molecule has 0 saturated carbocycles. The first-order valence-electron chi connectivity index (χ1n) is 4.89. The topological polar surface area (TPSA) is 66.5 Å². The number of aromatic amines is 1. The van der Waals surface area contributed by atoms with E-state index in [1.54, 1.807) is 24.4 Å². The Bertz CT molecular complexity index is 427. The lowest BCUT2D eigenvalue weighted by atomic mass is 10.6. The molecule has 6 heteroatoms. The number of thioether (sulfide) groups is 1. The summed E-state index contributed by atoms with van der Waals surface area (Å²) in [6.45, 7) is 4.09. The fourth-order valence-electron chi connectivity index (χ4n) is 1.25. The smallest absolute Gasteiger partial charge is 0.181 e. The second-order valence-electron chi connectivity index (χ2n) is 2.98. The minimum absolute atomic E-state index is 0.732. The monoisotopic (exact) mass is 223 g/mol. The van der Waals surface area contributed by atoms with Crippen LogP contribution in [0.4, 0.5) is 0 Å². The Morgan fingerprint density at radius 1 is 1.40 bits per heavy atom. The number of aromatic nitrogens is 4. The van der Waals surface area contributed by atoms with Crippen LogP contribution in [-0.2, 0) is 0 Å². The number of H-pyrrole nitrogens is 1. The summed E-state index contributed by atoms with van der Waals surface area (Å²) in [5.74, 6) is 0.999. The fraction of sp³-hybridized carbons (Fsp3) is 0.444. The molecule has 2 aromatic heterocycles. The maximum Gasteiger partial charge on any atom is 0.181 e. The van der Waals surface area contributed by atoms with Gasteiger partial charge in [0.15, 0.2) is 5.65 Å². The van der Waals surface area contributed by atoms with Crippen LogP contribution in [-0.4, -0.2) is 38.8 Å². The van der Waals surface area contributed by atoms with E-state index in [1.807, 2.05) is 0 Å². The zero-order valence-corrected chi connectivity index (χ0v) is 9.34. The molecule has 2 aromatic rings. The summed E-state index contributed by atoms with van der Waals surface area (Å²) >= 11 is 1.71. The highest BCUT2D eigenvalue weighted by Crippen LogP contribution is 2.20. The van der Waals surface area contributed by atoms with Gasteiger partial charge >= 0.3 is 0 Å². The Hall–Kier alpha value is -1.14. The first kappa shape index (κ1) is 10.4. The number of nitrogens with zero attached hydrogens (tertiary/aromatic N) is 3. The van der Waals surface area contributed by atoms with Gasteiger partial charge in [-0.15, -0.1) is 11.8 Å². The van der Waals surface area contributed by atoms with Crippen molar-refractivity contribution in [3.63, 3.8) is 0 Å². The van der Waals surface area contributed by atoms with Crippen LogP contribution in [0.25, 0.3) is 11.2 Å². The van der Waals surface area contributed by atoms with Crippen LogP contribution in [0, 0.1) is 0 Å². The molecule has 0 aromatic carbocycles. The molecule has 0 amide bonds. The second kappa shape index (κ2) is 5.09. The van der Waals surface area contributed by atoms with Crippen molar-refractivity contribution in [2.24, 2.45) is 0 Å². The van der Waals surface area contributed by atoms with E-state index in [0.29, 0.717) is 0 Å². The van der Waals surface area contributed by atoms with Gasteiger partial charge in [0.05, 0.1) is 6.33 Å². The second-order valence-corrected chi connectivity index (χ2v) is 4.07. The van der Waals surface area contributed by atoms with E-state index in [9.17, 15) is 0 Å². The van der Waals surface area contributed by atoms with E-state index in [0.717, 1.165) is 35.0 Å². The summed E-state index contributed by atoms with van der Waals surface area (Å²) in [6, 6.07) is 0. The van der Waals surface area contributed by atoms with Gasteiger partial charge in [0, 0.05) is 12.3 Å². The molecular formula is C9H13N5S. The van der Waals surface area contributed by atoms with Gasteiger partial charge < -0.3 is 10.3 Å². The molecular weight excluding hydrogens is 210 g/mol. The number of imidazole rings is 1. The molecule has 2 N–H and O–H groups in total. The molecule has 5 nitrogen and oxygen atoms in total. The van der Waals surface area contributed by atoms with E-state index in [2.05, 4.69) is 32.2 Å². The Balaban J connectivity index is 2.04. The summed E-state index contributed by atoms with van der Waals surface area (Å²) in [7, 11) is 0. The third-order valence-corrected chi connectivity index (χ3v) is 2.95. The highest BCUT2D eigenvalue weighted by atomic mass is 32.2. The molecule has 0 radical (unpaired) electrons. The van der Waals surface area contributed by atoms with Crippen LogP contribution in [0.3, 0.4) is 0 Å². The van der Waals surface area contributed by atoms with Gasteiger partial charge in [0.1, 0.15) is 16.9 Å². The molecule has 2 heterocycles. The van der Waals surface area contributed by atoms with Gasteiger partial charge in [0.2, 0.25) is 0 Å². The summed E-state index contributed by atoms with van der Waals surface area (Å²) < 4.78 is 0. The fourth-order valence-corrected chi connectivity index (χ4v) is 2.10. The summed E-state index contributed by atoms with van der Waals surface area (Å²) in [6.07, 6.45) is 3.20. The van der Waals surface area contributed by atoms with Crippen molar-refractivity contribution >= 4 is 22.9 Å². The molecule has 0 fully saturated rings. The van der Waals surface area contributed by atoms with Crippen molar-refractivity contribution in [2.45, 2.75) is 11.9 Å². The molecule has 0 bridgehead atoms. The number of nitrogens with one attached hydrogen (secondary N) is 2. The number of fused-ring (bicyclic) bond motifs is 1. The predicted octanol–water partition coefficient (Wildman–Crippen LogP) is 1.05. The summed E-state index contributed by atoms with van der Waals surface area (Å²) in [4.78, 5) is 15.4. The van der Waals surface area contributed by atoms with Crippen LogP contribution in [0.15, 0.2) is 17.7 Å². The Labute approximate surface area is 92.1 Å². The van der Waals surface area contributed by atoms with Crippen molar-refractivity contribution in [1.82, 2.24) is 25.3 Å². The molecule has 0 aliphatic rings. The Morgan fingerprint density at radius 2 is 2.33 bits per heavy atom. The van der Waals surface area contributed by atoms with Gasteiger partial charge in [0.25, 0.3) is 0 Å². The van der Waals surface area contributed by atoms with Gasteiger partial charge in [-0.1, -0.05) is 6.92 Å². The molecule has 0 aliphatic heterocycles. The molecule has 0 spiro atoms. The molecule has 80 valence electrons. The number of hydrogen-bond acceptors (Lipinski definition) is 5. The maximum atomic E-state index is 4.23. The van der Waals surface area contributed by atoms with Crippen LogP contribution >= 0.6 is 11.8 Å². The van der Waals surface area contributed by atoms with Gasteiger partial charge in [-0.2, -0.15) is 0 Å². The van der Waals surface area contributed by atoms with Crippen LogP contribution in [0.2, 0.25) is 0 Å². The van der Waals surface area contributed by atoms with E-state index < -0.39 is 0 Å². The summed E-state index contributed by atoms with van der Waals surface area (Å²) in [5, 5.41) is 4.24. The van der Waals surface area contributed by atoms with Crippen LogP contribution in [0.5, 0.6) is 0 Å². The Kier molecular flexibility index (Phi) is 3.52. The zero-order valence-electron chi connectivity index (χ0n) is 8.53. The zero-order chi connectivity index (χ0) is 10.5. The van der Waals surface area contributed by atoms with Crippen LogP contribution < -0.4 is 5.32 Å². The molecule has 15 heavy (non-hydrogen) atoms. The van der Waals surface area contributed by atoms with Crippen LogP contribution in [0.1, 0.15) is 6.92 Å². The SMILES string of the molecule is CCNCCSc1ncnc2nc[nH]c12. The first-order chi connectivity index (χ1) is 7.42. The highest BCUT2D eigenvalue weighted by molar-refractivity contribution is 7.99. The quantitative estimate of drug-likeness (QED) is 0.450. The molecule has 0 unspecified atom stereocenters. The van der Waals surface area contributed by atoms with Crippen molar-refractivity contribution in [1.29, 1.82) is 0 Å². The molecule has 0 atom stereocenters. The van der Waals surface area contributed by atoms with Gasteiger partial charge in [-0.3, -0.25) is 0 Å². The number of rotatable bonds is 5. The minimum atomic E-state index is 0.732.